The van der Waals surface area contributed by atoms with Crippen LogP contribution in [0.25, 0.3) is 0 Å². The first-order valence-electron chi connectivity index (χ1n) is 6.71. The Morgan fingerprint density at radius 1 is 1.19 bits per heavy atom. The molecule has 0 saturated carbocycles. The Kier molecular flexibility index (Phi) is 5.07. The molecule has 0 radical (unpaired) electrons. The number of nitrogens with one attached hydrogen (secondary N) is 1. The number of amides is 1. The van der Waals surface area contributed by atoms with Crippen molar-refractivity contribution >= 4 is 33.4 Å². The third-order valence-corrected chi connectivity index (χ3v) is 4.64. The third kappa shape index (κ3) is 3.86. The molecule has 110 valence electrons. The molecule has 2 rings (SSSR count). The largest absolute Gasteiger partial charge is 0.346 e. The summed E-state index contributed by atoms with van der Waals surface area (Å²) in [5.41, 5.74) is 4.08. The van der Waals surface area contributed by atoms with Gasteiger partial charge in [-0.1, -0.05) is 35.4 Å². The standard InChI is InChI=1S/C17H17BrClNO/c1-10-4-5-11(2)14(8-10)12(3)20-17(21)13-6-7-16(19)15(18)9-13/h4-9,12H,1-3H3,(H,20,21). The zero-order valence-corrected chi connectivity index (χ0v) is 14.5. The molecule has 2 nitrogen and oxygen atoms in total. The monoisotopic (exact) mass is 365 g/mol. The van der Waals surface area contributed by atoms with Gasteiger partial charge in [-0.2, -0.15) is 0 Å². The highest BCUT2D eigenvalue weighted by Gasteiger charge is 2.14. The lowest BCUT2D eigenvalue weighted by Gasteiger charge is -2.17. The minimum Gasteiger partial charge on any atom is -0.346 e. The molecule has 1 unspecified atom stereocenters. The lowest BCUT2D eigenvalue weighted by Crippen LogP contribution is -2.27. The molecular formula is C17H17BrClNO. The Morgan fingerprint density at radius 2 is 1.90 bits per heavy atom. The zero-order valence-electron chi connectivity index (χ0n) is 12.2. The minimum absolute atomic E-state index is 0.0492. The molecule has 0 bridgehead atoms. The van der Waals surface area contributed by atoms with Crippen LogP contribution in [0.1, 0.15) is 40.0 Å². The van der Waals surface area contributed by atoms with Crippen LogP contribution in [0.15, 0.2) is 40.9 Å². The van der Waals surface area contributed by atoms with E-state index in [-0.39, 0.29) is 11.9 Å². The number of carbonyl (C=O) groups is 1. The van der Waals surface area contributed by atoms with E-state index in [1.54, 1.807) is 18.2 Å². The second-order valence-corrected chi connectivity index (χ2v) is 6.45. The SMILES string of the molecule is Cc1ccc(C)c(C(C)NC(=O)c2ccc(Cl)c(Br)c2)c1. The first-order valence-corrected chi connectivity index (χ1v) is 7.88. The molecule has 2 aromatic carbocycles. The Morgan fingerprint density at radius 3 is 2.57 bits per heavy atom. The van der Waals surface area contributed by atoms with Gasteiger partial charge < -0.3 is 5.32 Å². The molecule has 21 heavy (non-hydrogen) atoms. The number of hydrogen-bond donors (Lipinski definition) is 1. The molecule has 1 amide bonds. The van der Waals surface area contributed by atoms with Crippen molar-refractivity contribution in [2.45, 2.75) is 26.8 Å². The number of carbonyl (C=O) groups excluding carboxylic acids is 1. The fourth-order valence-corrected chi connectivity index (χ4v) is 2.72. The van der Waals surface area contributed by atoms with E-state index in [1.165, 1.54) is 11.1 Å². The Balaban J connectivity index is 2.18. The van der Waals surface area contributed by atoms with Crippen molar-refractivity contribution in [3.8, 4) is 0 Å². The predicted molar refractivity (Wildman–Crippen MR) is 90.9 cm³/mol. The summed E-state index contributed by atoms with van der Waals surface area (Å²) in [4.78, 5) is 12.3. The lowest BCUT2D eigenvalue weighted by molar-refractivity contribution is 0.0939. The van der Waals surface area contributed by atoms with Crippen molar-refractivity contribution in [2.24, 2.45) is 0 Å². The summed E-state index contributed by atoms with van der Waals surface area (Å²) < 4.78 is 0.719. The first-order chi connectivity index (χ1) is 9.88. The summed E-state index contributed by atoms with van der Waals surface area (Å²) in [6, 6.07) is 11.4. The van der Waals surface area contributed by atoms with Crippen LogP contribution >= 0.6 is 27.5 Å². The van der Waals surface area contributed by atoms with Crippen molar-refractivity contribution < 1.29 is 4.79 Å². The van der Waals surface area contributed by atoms with E-state index >= 15 is 0 Å². The maximum Gasteiger partial charge on any atom is 0.251 e. The molecule has 0 heterocycles. The summed E-state index contributed by atoms with van der Waals surface area (Å²) in [7, 11) is 0. The van der Waals surface area contributed by atoms with Gasteiger partial charge in [0.1, 0.15) is 0 Å². The Hall–Kier alpha value is -1.32. The van der Waals surface area contributed by atoms with Crippen molar-refractivity contribution in [2.75, 3.05) is 0 Å². The highest BCUT2D eigenvalue weighted by molar-refractivity contribution is 9.10. The molecule has 1 atom stereocenters. The second-order valence-electron chi connectivity index (χ2n) is 5.18. The van der Waals surface area contributed by atoms with Crippen molar-refractivity contribution in [1.29, 1.82) is 0 Å². The molecule has 0 saturated heterocycles. The van der Waals surface area contributed by atoms with E-state index < -0.39 is 0 Å². The third-order valence-electron chi connectivity index (χ3n) is 3.43. The van der Waals surface area contributed by atoms with Crippen LogP contribution < -0.4 is 5.32 Å². The van der Waals surface area contributed by atoms with E-state index in [9.17, 15) is 4.79 Å². The summed E-state index contributed by atoms with van der Waals surface area (Å²) in [5, 5.41) is 3.62. The van der Waals surface area contributed by atoms with Gasteiger partial charge in [0.15, 0.2) is 0 Å². The molecule has 0 aliphatic heterocycles. The second kappa shape index (κ2) is 6.63. The minimum atomic E-state index is -0.110. The van der Waals surface area contributed by atoms with Gasteiger partial charge in [-0.05, 0) is 66.0 Å². The number of rotatable bonds is 3. The van der Waals surface area contributed by atoms with Crippen LogP contribution in [-0.2, 0) is 0 Å². The molecule has 0 aliphatic carbocycles. The predicted octanol–water partition coefficient (Wildman–Crippen LogP) is 5.21. The Bertz CT molecular complexity index is 684. The molecule has 2 aromatic rings. The van der Waals surface area contributed by atoms with Gasteiger partial charge in [0.05, 0.1) is 11.1 Å². The smallest absolute Gasteiger partial charge is 0.251 e. The number of aryl methyl sites for hydroxylation is 2. The van der Waals surface area contributed by atoms with Gasteiger partial charge in [0.2, 0.25) is 0 Å². The highest BCUT2D eigenvalue weighted by Crippen LogP contribution is 2.24. The summed E-state index contributed by atoms with van der Waals surface area (Å²) in [6.07, 6.45) is 0. The fourth-order valence-electron chi connectivity index (χ4n) is 2.22. The Labute approximate surface area is 138 Å². The van der Waals surface area contributed by atoms with E-state index in [0.717, 1.165) is 10.0 Å². The van der Waals surface area contributed by atoms with Crippen LogP contribution in [0.4, 0.5) is 0 Å². The molecule has 0 aliphatic rings. The topological polar surface area (TPSA) is 29.1 Å². The molecular weight excluding hydrogens is 350 g/mol. The van der Waals surface area contributed by atoms with Crippen LogP contribution in [0.3, 0.4) is 0 Å². The van der Waals surface area contributed by atoms with E-state index in [0.29, 0.717) is 10.6 Å². The van der Waals surface area contributed by atoms with Gasteiger partial charge in [0.25, 0.3) is 5.91 Å². The van der Waals surface area contributed by atoms with E-state index in [2.05, 4.69) is 46.4 Å². The molecule has 4 heteroatoms. The quantitative estimate of drug-likeness (QED) is 0.793. The number of benzene rings is 2. The normalized spacial score (nSPS) is 12.0. The van der Waals surface area contributed by atoms with Gasteiger partial charge in [-0.25, -0.2) is 0 Å². The summed E-state index contributed by atoms with van der Waals surface area (Å²) >= 11 is 9.28. The van der Waals surface area contributed by atoms with Gasteiger partial charge in [0, 0.05) is 10.0 Å². The first kappa shape index (κ1) is 16.1. The number of halogens is 2. The molecule has 0 aromatic heterocycles. The average molecular weight is 367 g/mol. The molecule has 1 N–H and O–H groups in total. The summed E-state index contributed by atoms with van der Waals surface area (Å²) in [6.45, 7) is 6.09. The van der Waals surface area contributed by atoms with Crippen LogP contribution in [0.2, 0.25) is 5.02 Å². The van der Waals surface area contributed by atoms with Crippen LogP contribution in [0.5, 0.6) is 0 Å². The lowest BCUT2D eigenvalue weighted by atomic mass is 10.00. The van der Waals surface area contributed by atoms with Crippen molar-refractivity contribution in [3.63, 3.8) is 0 Å². The average Bonchev–Trinajstić information content (AvgIpc) is 2.44. The van der Waals surface area contributed by atoms with E-state index in [1.807, 2.05) is 13.8 Å². The maximum atomic E-state index is 12.3. The zero-order chi connectivity index (χ0) is 15.6. The fraction of sp³-hybridized carbons (Fsp3) is 0.235. The van der Waals surface area contributed by atoms with Gasteiger partial charge in [-0.15, -0.1) is 0 Å². The van der Waals surface area contributed by atoms with Gasteiger partial charge in [-0.3, -0.25) is 4.79 Å². The van der Waals surface area contributed by atoms with E-state index in [4.69, 9.17) is 11.6 Å². The molecule has 0 spiro atoms. The summed E-state index contributed by atoms with van der Waals surface area (Å²) in [5.74, 6) is -0.110. The van der Waals surface area contributed by atoms with Crippen LogP contribution in [-0.4, -0.2) is 5.91 Å². The van der Waals surface area contributed by atoms with Gasteiger partial charge >= 0.3 is 0 Å². The van der Waals surface area contributed by atoms with Crippen molar-refractivity contribution in [3.05, 3.63) is 68.1 Å². The van der Waals surface area contributed by atoms with Crippen LogP contribution in [0, 0.1) is 13.8 Å². The number of hydrogen-bond acceptors (Lipinski definition) is 1. The maximum absolute atomic E-state index is 12.3. The highest BCUT2D eigenvalue weighted by atomic mass is 79.9. The molecule has 0 fully saturated rings. The van der Waals surface area contributed by atoms with Crippen molar-refractivity contribution in [1.82, 2.24) is 5.32 Å².